The van der Waals surface area contributed by atoms with Gasteiger partial charge in [-0.05, 0) is 0 Å². The first kappa shape index (κ1) is 7.94. The highest BCUT2D eigenvalue weighted by atomic mass is 16.4. The topological polar surface area (TPSA) is 80.9 Å². The van der Waals surface area contributed by atoms with Gasteiger partial charge in [-0.25, -0.2) is 0 Å². The average Bonchev–Trinajstić information content (AvgIpc) is 1.82. The van der Waals surface area contributed by atoms with Gasteiger partial charge in [0.2, 0.25) is 0 Å². The quantitative estimate of drug-likeness (QED) is 0.327. The van der Waals surface area contributed by atoms with Crippen LogP contribution in [0.5, 0.6) is 0 Å². The molecule has 1 saturated carbocycles. The molecule has 0 aromatic heterocycles. The summed E-state index contributed by atoms with van der Waals surface area (Å²) in [6.45, 7) is 0. The van der Waals surface area contributed by atoms with Crippen molar-refractivity contribution in [2.45, 2.75) is 37.3 Å². The van der Waals surface area contributed by atoms with Gasteiger partial charge in [0.1, 0.15) is 6.10 Å². The Morgan fingerprint density at radius 2 is 1.20 bits per heavy atom. The Morgan fingerprint density at radius 1 is 0.800 bits per heavy atom. The number of hydrogen-bond donors (Lipinski definition) is 4. The van der Waals surface area contributed by atoms with Crippen LogP contribution in [0.3, 0.4) is 0 Å². The molecular weight excluding hydrogens is 136 g/mol. The van der Waals surface area contributed by atoms with Gasteiger partial charge in [0.15, 0.2) is 0 Å². The van der Waals surface area contributed by atoms with Crippen LogP contribution in [0.2, 0.25) is 0 Å². The second-order valence-corrected chi connectivity index (χ2v) is 2.75. The van der Waals surface area contributed by atoms with E-state index in [0.29, 0.717) is 0 Å². The fraction of sp³-hybridized carbons (Fsp3) is 1.00. The van der Waals surface area contributed by atoms with Crippen molar-refractivity contribution in [1.82, 2.24) is 0 Å². The van der Waals surface area contributed by atoms with Crippen molar-refractivity contribution in [1.29, 1.82) is 0 Å². The molecule has 60 valence electrons. The molecular formula is C6H12O4. The van der Waals surface area contributed by atoms with E-state index in [1.807, 2.05) is 0 Å². The van der Waals surface area contributed by atoms with Crippen LogP contribution in [0.25, 0.3) is 0 Å². The summed E-state index contributed by atoms with van der Waals surface area (Å²) in [6.07, 6.45) is -3.45. The molecule has 1 rings (SSSR count). The lowest BCUT2D eigenvalue weighted by atomic mass is 9.90. The van der Waals surface area contributed by atoms with E-state index < -0.39 is 24.4 Å². The van der Waals surface area contributed by atoms with Gasteiger partial charge in [-0.15, -0.1) is 0 Å². The lowest BCUT2D eigenvalue weighted by Gasteiger charge is -2.31. The molecule has 10 heavy (non-hydrogen) atoms. The Morgan fingerprint density at radius 3 is 1.60 bits per heavy atom. The van der Waals surface area contributed by atoms with Crippen LogP contribution in [0.1, 0.15) is 12.8 Å². The minimum absolute atomic E-state index is 0.151. The average molecular weight is 148 g/mol. The van der Waals surface area contributed by atoms with Crippen molar-refractivity contribution in [2.24, 2.45) is 0 Å². The molecule has 0 aromatic rings. The summed E-state index contributed by atoms with van der Waals surface area (Å²) in [4.78, 5) is 0. The Kier molecular flexibility index (Phi) is 2.25. The van der Waals surface area contributed by atoms with Crippen LogP contribution in [-0.2, 0) is 0 Å². The van der Waals surface area contributed by atoms with Crippen molar-refractivity contribution in [3.63, 3.8) is 0 Å². The zero-order chi connectivity index (χ0) is 7.72. The molecule has 4 heteroatoms. The fourth-order valence-corrected chi connectivity index (χ4v) is 1.19. The molecule has 0 aliphatic heterocycles. The first-order chi connectivity index (χ1) is 4.61. The molecule has 1 aliphatic carbocycles. The SMILES string of the molecule is OC1C[C@H](O)CC(O)[C@@H]1O. The number of rotatable bonds is 0. The molecule has 2 atom stereocenters. The molecule has 0 bridgehead atoms. The summed E-state index contributed by atoms with van der Waals surface area (Å²) < 4.78 is 0. The van der Waals surface area contributed by atoms with E-state index in [0.717, 1.165) is 0 Å². The van der Waals surface area contributed by atoms with E-state index >= 15 is 0 Å². The van der Waals surface area contributed by atoms with E-state index in [4.69, 9.17) is 20.4 Å². The summed E-state index contributed by atoms with van der Waals surface area (Å²) in [6, 6.07) is 0. The van der Waals surface area contributed by atoms with E-state index in [1.54, 1.807) is 0 Å². The maximum absolute atomic E-state index is 8.95. The summed E-state index contributed by atoms with van der Waals surface area (Å²) in [5, 5.41) is 35.8. The number of aliphatic hydroxyl groups excluding tert-OH is 4. The summed E-state index contributed by atoms with van der Waals surface area (Å²) in [7, 11) is 0. The first-order valence-electron chi connectivity index (χ1n) is 3.33. The number of hydrogen-bond acceptors (Lipinski definition) is 4. The minimum Gasteiger partial charge on any atom is -0.393 e. The van der Waals surface area contributed by atoms with Crippen LogP contribution < -0.4 is 0 Å². The van der Waals surface area contributed by atoms with Gasteiger partial charge in [0.05, 0.1) is 18.3 Å². The van der Waals surface area contributed by atoms with Crippen molar-refractivity contribution >= 4 is 0 Å². The van der Waals surface area contributed by atoms with Crippen LogP contribution >= 0.6 is 0 Å². The van der Waals surface area contributed by atoms with Crippen molar-refractivity contribution in [3.05, 3.63) is 0 Å². The van der Waals surface area contributed by atoms with Crippen LogP contribution in [0.4, 0.5) is 0 Å². The zero-order valence-corrected chi connectivity index (χ0v) is 5.51. The smallest absolute Gasteiger partial charge is 0.106 e. The van der Waals surface area contributed by atoms with Crippen LogP contribution in [0, 0.1) is 0 Å². The van der Waals surface area contributed by atoms with Gasteiger partial charge in [0.25, 0.3) is 0 Å². The molecule has 2 unspecified atom stereocenters. The second kappa shape index (κ2) is 2.84. The van der Waals surface area contributed by atoms with Gasteiger partial charge in [-0.2, -0.15) is 0 Å². The highest BCUT2D eigenvalue weighted by Gasteiger charge is 2.33. The third-order valence-electron chi connectivity index (χ3n) is 1.82. The molecule has 0 amide bonds. The Labute approximate surface area is 58.7 Å². The van der Waals surface area contributed by atoms with E-state index in [-0.39, 0.29) is 12.8 Å². The van der Waals surface area contributed by atoms with Gasteiger partial charge >= 0.3 is 0 Å². The zero-order valence-electron chi connectivity index (χ0n) is 5.51. The fourth-order valence-electron chi connectivity index (χ4n) is 1.19. The predicted molar refractivity (Wildman–Crippen MR) is 33.3 cm³/mol. The standard InChI is InChI=1S/C6H12O4/c7-3-1-4(8)6(10)5(9)2-3/h3-10H,1-2H2/t3-,4?,5?,6+. The second-order valence-electron chi connectivity index (χ2n) is 2.75. The Balaban J connectivity index is 2.49. The van der Waals surface area contributed by atoms with Crippen LogP contribution in [-0.4, -0.2) is 44.8 Å². The highest BCUT2D eigenvalue weighted by molar-refractivity contribution is 4.85. The Bertz CT molecular complexity index is 104. The third-order valence-corrected chi connectivity index (χ3v) is 1.82. The van der Waals surface area contributed by atoms with Gasteiger partial charge in [0, 0.05) is 12.8 Å². The molecule has 0 aromatic carbocycles. The first-order valence-corrected chi connectivity index (χ1v) is 3.33. The highest BCUT2D eigenvalue weighted by Crippen LogP contribution is 2.19. The summed E-state index contributed by atoms with van der Waals surface area (Å²) in [5.74, 6) is 0. The number of aliphatic hydroxyl groups is 4. The van der Waals surface area contributed by atoms with E-state index in [9.17, 15) is 0 Å². The molecule has 1 aliphatic rings. The molecule has 4 N–H and O–H groups in total. The molecule has 0 radical (unpaired) electrons. The van der Waals surface area contributed by atoms with Gasteiger partial charge < -0.3 is 20.4 Å². The lowest BCUT2D eigenvalue weighted by Crippen LogP contribution is -2.46. The van der Waals surface area contributed by atoms with Crippen molar-refractivity contribution in [3.8, 4) is 0 Å². The van der Waals surface area contributed by atoms with Crippen molar-refractivity contribution < 1.29 is 20.4 Å². The van der Waals surface area contributed by atoms with Gasteiger partial charge in [-0.1, -0.05) is 0 Å². The molecule has 4 nitrogen and oxygen atoms in total. The summed E-state index contributed by atoms with van der Waals surface area (Å²) in [5.41, 5.74) is 0. The maximum atomic E-state index is 8.95. The van der Waals surface area contributed by atoms with Gasteiger partial charge in [-0.3, -0.25) is 0 Å². The normalized spacial score (nSPS) is 49.2. The Hall–Kier alpha value is -0.160. The maximum Gasteiger partial charge on any atom is 0.106 e. The molecule has 1 fully saturated rings. The van der Waals surface area contributed by atoms with E-state index in [2.05, 4.69) is 0 Å². The summed E-state index contributed by atoms with van der Waals surface area (Å²) >= 11 is 0. The largest absolute Gasteiger partial charge is 0.393 e. The molecule has 0 saturated heterocycles. The molecule has 0 spiro atoms. The van der Waals surface area contributed by atoms with Crippen LogP contribution in [0.15, 0.2) is 0 Å². The minimum atomic E-state index is -1.09. The van der Waals surface area contributed by atoms with E-state index in [1.165, 1.54) is 0 Å². The molecule has 0 heterocycles. The predicted octanol–water partition coefficient (Wildman–Crippen LogP) is -1.78. The van der Waals surface area contributed by atoms with Crippen molar-refractivity contribution in [2.75, 3.05) is 0 Å². The monoisotopic (exact) mass is 148 g/mol. The third kappa shape index (κ3) is 1.46. The lowest BCUT2D eigenvalue weighted by molar-refractivity contribution is -0.116.